The van der Waals surface area contributed by atoms with Crippen molar-refractivity contribution in [2.24, 2.45) is 5.92 Å². The lowest BCUT2D eigenvalue weighted by molar-refractivity contribution is -0.132. The van der Waals surface area contributed by atoms with Gasteiger partial charge < -0.3 is 14.4 Å². The Bertz CT molecular complexity index is 1010. The van der Waals surface area contributed by atoms with Crippen molar-refractivity contribution in [1.29, 1.82) is 0 Å². The minimum atomic E-state index is 0.115. The van der Waals surface area contributed by atoms with E-state index in [0.717, 1.165) is 16.9 Å². The first-order valence-corrected chi connectivity index (χ1v) is 10.7. The van der Waals surface area contributed by atoms with Crippen LogP contribution in [0.25, 0.3) is 5.69 Å². The summed E-state index contributed by atoms with van der Waals surface area (Å²) in [5.41, 5.74) is 2.60. The van der Waals surface area contributed by atoms with E-state index in [0.29, 0.717) is 42.8 Å². The summed E-state index contributed by atoms with van der Waals surface area (Å²) >= 11 is 0. The molecule has 2 aromatic carbocycles. The third-order valence-electron chi connectivity index (χ3n) is 5.00. The summed E-state index contributed by atoms with van der Waals surface area (Å²) in [5, 5.41) is 4.76. The molecule has 1 heterocycles. The number of carbonyl (C=O) groups excluding carboxylic acids is 1. The van der Waals surface area contributed by atoms with E-state index >= 15 is 0 Å². The third kappa shape index (κ3) is 5.26. The van der Waals surface area contributed by atoms with Crippen LogP contribution >= 0.6 is 0 Å². The molecular weight excluding hydrogens is 390 g/mol. The number of carbonyl (C=O) groups is 1. The van der Waals surface area contributed by atoms with Gasteiger partial charge in [-0.15, -0.1) is 0 Å². The maximum Gasteiger partial charge on any atom is 0.228 e. The maximum atomic E-state index is 12.6. The molecule has 0 saturated heterocycles. The summed E-state index contributed by atoms with van der Waals surface area (Å²) in [7, 11) is 1.62. The molecule has 0 aliphatic heterocycles. The van der Waals surface area contributed by atoms with Crippen LogP contribution in [0, 0.1) is 12.8 Å². The number of ether oxygens (including phenoxy) is 2. The molecule has 0 fully saturated rings. The predicted molar refractivity (Wildman–Crippen MR) is 122 cm³/mol. The van der Waals surface area contributed by atoms with Crippen molar-refractivity contribution in [3.63, 3.8) is 0 Å². The van der Waals surface area contributed by atoms with Gasteiger partial charge in [0.15, 0.2) is 11.5 Å². The predicted octanol–water partition coefficient (Wildman–Crippen LogP) is 5.38. The summed E-state index contributed by atoms with van der Waals surface area (Å²) in [6.45, 7) is 9.19. The number of methoxy groups -OCH3 is 1. The molecule has 6 nitrogen and oxygen atoms in total. The highest BCUT2D eigenvalue weighted by Gasteiger charge is 2.24. The molecule has 0 aliphatic rings. The van der Waals surface area contributed by atoms with Gasteiger partial charge in [-0.3, -0.25) is 4.79 Å². The zero-order valence-electron chi connectivity index (χ0n) is 19.0. The number of rotatable bonds is 9. The van der Waals surface area contributed by atoms with Gasteiger partial charge in [0, 0.05) is 13.0 Å². The molecule has 31 heavy (non-hydrogen) atoms. The first-order chi connectivity index (χ1) is 14.9. The van der Waals surface area contributed by atoms with Crippen molar-refractivity contribution in [1.82, 2.24) is 14.7 Å². The van der Waals surface area contributed by atoms with Gasteiger partial charge in [-0.25, -0.2) is 4.68 Å². The molecule has 3 rings (SSSR count). The third-order valence-corrected chi connectivity index (χ3v) is 5.00. The fraction of sp³-hybridized carbons (Fsp3) is 0.360. The van der Waals surface area contributed by atoms with Crippen LogP contribution in [-0.2, 0) is 11.3 Å². The monoisotopic (exact) mass is 421 g/mol. The number of aromatic nitrogens is 2. The van der Waals surface area contributed by atoms with Crippen LogP contribution in [0.15, 0.2) is 54.6 Å². The second kappa shape index (κ2) is 10.2. The first-order valence-electron chi connectivity index (χ1n) is 10.7. The van der Waals surface area contributed by atoms with Crippen LogP contribution in [-0.4, -0.2) is 34.2 Å². The Morgan fingerprint density at radius 2 is 1.71 bits per heavy atom. The number of nitrogens with zero attached hydrogens (tertiary/aromatic N) is 3. The van der Waals surface area contributed by atoms with Crippen LogP contribution in [0.3, 0.4) is 0 Å². The van der Waals surface area contributed by atoms with E-state index in [-0.39, 0.29) is 5.91 Å². The van der Waals surface area contributed by atoms with Crippen molar-refractivity contribution < 1.29 is 14.3 Å². The number of hydrogen-bond donors (Lipinski definition) is 0. The maximum absolute atomic E-state index is 12.6. The molecule has 1 amide bonds. The van der Waals surface area contributed by atoms with Crippen LogP contribution in [0.4, 0.5) is 0 Å². The normalized spacial score (nSPS) is 10.9. The van der Waals surface area contributed by atoms with Crippen molar-refractivity contribution >= 4 is 5.91 Å². The Morgan fingerprint density at radius 1 is 1.06 bits per heavy atom. The van der Waals surface area contributed by atoms with Crippen LogP contribution in [0.5, 0.6) is 17.4 Å². The van der Waals surface area contributed by atoms with Crippen LogP contribution < -0.4 is 9.47 Å². The molecule has 0 spiro atoms. The average Bonchev–Trinajstić information content (AvgIpc) is 3.08. The number of amides is 1. The molecule has 0 unspecified atom stereocenters. The van der Waals surface area contributed by atoms with E-state index in [9.17, 15) is 4.79 Å². The van der Waals surface area contributed by atoms with E-state index in [2.05, 4.69) is 13.8 Å². The molecule has 0 N–H and O–H groups in total. The quantitative estimate of drug-likeness (QED) is 0.466. The molecule has 0 saturated carbocycles. The van der Waals surface area contributed by atoms with Gasteiger partial charge in [0.2, 0.25) is 11.8 Å². The minimum Gasteiger partial charge on any atom is -0.493 e. The molecule has 0 radical (unpaired) electrons. The van der Waals surface area contributed by atoms with Crippen molar-refractivity contribution in [2.75, 3.05) is 13.7 Å². The highest BCUT2D eigenvalue weighted by Crippen LogP contribution is 2.36. The lowest BCUT2D eigenvalue weighted by Crippen LogP contribution is -2.33. The van der Waals surface area contributed by atoms with Gasteiger partial charge in [0.1, 0.15) is 0 Å². The SMILES string of the molecule is CCC(=O)N(Cc1c(C)nn(-c2ccccc2)c1Oc1ccccc1OC)CC(C)C. The zero-order chi connectivity index (χ0) is 22.4. The van der Waals surface area contributed by atoms with E-state index in [1.165, 1.54) is 0 Å². The van der Waals surface area contributed by atoms with E-state index in [1.807, 2.05) is 73.3 Å². The Morgan fingerprint density at radius 3 is 2.32 bits per heavy atom. The number of para-hydroxylation sites is 3. The fourth-order valence-electron chi connectivity index (χ4n) is 3.49. The largest absolute Gasteiger partial charge is 0.493 e. The van der Waals surface area contributed by atoms with Gasteiger partial charge in [0.05, 0.1) is 30.6 Å². The van der Waals surface area contributed by atoms with Gasteiger partial charge >= 0.3 is 0 Å². The van der Waals surface area contributed by atoms with Gasteiger partial charge in [-0.2, -0.15) is 5.10 Å². The highest BCUT2D eigenvalue weighted by atomic mass is 16.5. The molecule has 0 bridgehead atoms. The van der Waals surface area contributed by atoms with E-state index in [1.54, 1.807) is 11.8 Å². The van der Waals surface area contributed by atoms with E-state index < -0.39 is 0 Å². The molecule has 164 valence electrons. The van der Waals surface area contributed by atoms with Gasteiger partial charge in [-0.1, -0.05) is 51.1 Å². The number of benzene rings is 2. The topological polar surface area (TPSA) is 56.6 Å². The summed E-state index contributed by atoms with van der Waals surface area (Å²) in [4.78, 5) is 14.5. The summed E-state index contributed by atoms with van der Waals surface area (Å²) < 4.78 is 13.7. The zero-order valence-corrected chi connectivity index (χ0v) is 19.0. The summed E-state index contributed by atoms with van der Waals surface area (Å²) in [6, 6.07) is 17.4. The standard InChI is InChI=1S/C25H31N3O3/c1-6-24(29)27(16-18(2)3)17-21-19(4)26-28(20-12-8-7-9-13-20)25(21)31-23-15-11-10-14-22(23)30-5/h7-15,18H,6,16-17H2,1-5H3. The Hall–Kier alpha value is -3.28. The molecule has 0 aliphatic carbocycles. The highest BCUT2D eigenvalue weighted by molar-refractivity contribution is 5.76. The lowest BCUT2D eigenvalue weighted by Gasteiger charge is -2.24. The Labute approximate surface area is 184 Å². The molecule has 0 atom stereocenters. The molecule has 1 aromatic heterocycles. The lowest BCUT2D eigenvalue weighted by atomic mass is 10.1. The second-order valence-electron chi connectivity index (χ2n) is 7.89. The Kier molecular flexibility index (Phi) is 7.34. The molecule has 3 aromatic rings. The van der Waals surface area contributed by atoms with E-state index in [4.69, 9.17) is 14.6 Å². The molecular formula is C25H31N3O3. The number of aryl methyl sites for hydroxylation is 1. The summed E-state index contributed by atoms with van der Waals surface area (Å²) in [5.74, 6) is 2.30. The summed E-state index contributed by atoms with van der Waals surface area (Å²) in [6.07, 6.45) is 0.460. The average molecular weight is 422 g/mol. The van der Waals surface area contributed by atoms with Crippen molar-refractivity contribution in [3.05, 3.63) is 65.9 Å². The van der Waals surface area contributed by atoms with Gasteiger partial charge in [0.25, 0.3) is 0 Å². The number of hydrogen-bond acceptors (Lipinski definition) is 4. The molecule has 6 heteroatoms. The van der Waals surface area contributed by atoms with Crippen LogP contribution in [0.2, 0.25) is 0 Å². The fourth-order valence-corrected chi connectivity index (χ4v) is 3.49. The second-order valence-corrected chi connectivity index (χ2v) is 7.89. The Balaban J connectivity index is 2.09. The smallest absolute Gasteiger partial charge is 0.228 e. The first kappa shape index (κ1) is 22.4. The van der Waals surface area contributed by atoms with Crippen LogP contribution in [0.1, 0.15) is 38.4 Å². The van der Waals surface area contributed by atoms with Crippen molar-refractivity contribution in [3.8, 4) is 23.1 Å². The minimum absolute atomic E-state index is 0.115. The van der Waals surface area contributed by atoms with Gasteiger partial charge in [-0.05, 0) is 37.1 Å². The van der Waals surface area contributed by atoms with Crippen molar-refractivity contribution in [2.45, 2.75) is 40.7 Å².